The number of aliphatic carboxylic acids is 1. The Kier molecular flexibility index (Phi) is 3.06. The van der Waals surface area contributed by atoms with E-state index in [0.717, 1.165) is 0 Å². The van der Waals surface area contributed by atoms with Gasteiger partial charge >= 0.3 is 5.97 Å². The first-order valence-corrected chi connectivity index (χ1v) is 5.02. The molecule has 1 atom stereocenters. The lowest BCUT2D eigenvalue weighted by molar-refractivity contribution is -0.146. The van der Waals surface area contributed by atoms with Gasteiger partial charge in [0.25, 0.3) is 0 Å². The summed E-state index contributed by atoms with van der Waals surface area (Å²) < 4.78 is 15.8. The molecule has 1 unspecified atom stereocenters. The number of benzene rings is 1. The Morgan fingerprint density at radius 1 is 1.41 bits per heavy atom. The zero-order chi connectivity index (χ0) is 12.4. The molecule has 92 valence electrons. The molecule has 0 saturated carbocycles. The highest BCUT2D eigenvalue weighted by atomic mass is 16.6. The quantitative estimate of drug-likeness (QED) is 0.804. The van der Waals surface area contributed by atoms with Gasteiger partial charge in [-0.3, -0.25) is 0 Å². The van der Waals surface area contributed by atoms with Crippen molar-refractivity contribution in [2.45, 2.75) is 6.10 Å². The van der Waals surface area contributed by atoms with Gasteiger partial charge < -0.3 is 24.4 Å². The molecule has 1 aliphatic rings. The van der Waals surface area contributed by atoms with Gasteiger partial charge in [0.15, 0.2) is 17.6 Å². The summed E-state index contributed by atoms with van der Waals surface area (Å²) in [6.45, 7) is 0.785. The van der Waals surface area contributed by atoms with Crippen molar-refractivity contribution in [1.29, 1.82) is 0 Å². The molecule has 0 spiro atoms. The Labute approximate surface area is 97.3 Å². The summed E-state index contributed by atoms with van der Waals surface area (Å²) >= 11 is 0. The number of carboxylic acids is 1. The Morgan fingerprint density at radius 2 is 2.12 bits per heavy atom. The standard InChI is InChI=1S/C11H12O6/c1-15-7-4-6(9(12)11(13)14)5-8-10(7)17-3-2-16-8/h4-5,9,12H,2-3H2,1H3,(H,13,14). The molecule has 1 aromatic rings. The number of hydrogen-bond acceptors (Lipinski definition) is 5. The van der Waals surface area contributed by atoms with Gasteiger partial charge in [-0.05, 0) is 17.7 Å². The van der Waals surface area contributed by atoms with E-state index >= 15 is 0 Å². The molecule has 0 aromatic heterocycles. The maximum atomic E-state index is 10.7. The lowest BCUT2D eigenvalue weighted by atomic mass is 10.1. The van der Waals surface area contributed by atoms with E-state index in [4.69, 9.17) is 19.3 Å². The second-order valence-corrected chi connectivity index (χ2v) is 3.49. The van der Waals surface area contributed by atoms with Crippen LogP contribution in [0.2, 0.25) is 0 Å². The average Bonchev–Trinajstić information content (AvgIpc) is 2.36. The van der Waals surface area contributed by atoms with Gasteiger partial charge in [0.2, 0.25) is 5.75 Å². The number of ether oxygens (including phenoxy) is 3. The number of fused-ring (bicyclic) bond motifs is 1. The van der Waals surface area contributed by atoms with Crippen molar-refractivity contribution in [3.63, 3.8) is 0 Å². The summed E-state index contributed by atoms with van der Waals surface area (Å²) in [5.41, 5.74) is 0.193. The summed E-state index contributed by atoms with van der Waals surface area (Å²) in [5, 5.41) is 18.2. The highest BCUT2D eigenvalue weighted by Gasteiger charge is 2.23. The summed E-state index contributed by atoms with van der Waals surface area (Å²) in [6, 6.07) is 2.86. The molecule has 1 aliphatic heterocycles. The number of rotatable bonds is 3. The highest BCUT2D eigenvalue weighted by molar-refractivity contribution is 5.75. The molecule has 1 heterocycles. The molecule has 0 saturated heterocycles. The van der Waals surface area contributed by atoms with Crippen LogP contribution >= 0.6 is 0 Å². The fourth-order valence-electron chi connectivity index (χ4n) is 1.59. The van der Waals surface area contributed by atoms with Gasteiger partial charge in [0.1, 0.15) is 13.2 Å². The van der Waals surface area contributed by atoms with Crippen molar-refractivity contribution in [3.05, 3.63) is 17.7 Å². The van der Waals surface area contributed by atoms with Crippen LogP contribution < -0.4 is 14.2 Å². The zero-order valence-corrected chi connectivity index (χ0v) is 9.17. The Morgan fingerprint density at radius 3 is 2.76 bits per heavy atom. The van der Waals surface area contributed by atoms with Gasteiger partial charge in [-0.15, -0.1) is 0 Å². The van der Waals surface area contributed by atoms with Crippen LogP contribution in [0.15, 0.2) is 12.1 Å². The van der Waals surface area contributed by atoms with Crippen LogP contribution in [-0.2, 0) is 4.79 Å². The molecular formula is C11H12O6. The normalized spacial score (nSPS) is 15.2. The number of methoxy groups -OCH3 is 1. The Bertz CT molecular complexity index is 425. The van der Waals surface area contributed by atoms with E-state index in [1.54, 1.807) is 0 Å². The van der Waals surface area contributed by atoms with Crippen LogP contribution in [-0.4, -0.2) is 36.5 Å². The van der Waals surface area contributed by atoms with Crippen LogP contribution in [0.1, 0.15) is 11.7 Å². The van der Waals surface area contributed by atoms with Crippen LogP contribution in [0.4, 0.5) is 0 Å². The summed E-state index contributed by atoms with van der Waals surface area (Å²) in [5.74, 6) is -0.174. The highest BCUT2D eigenvalue weighted by Crippen LogP contribution is 2.41. The van der Waals surface area contributed by atoms with Crippen LogP contribution in [0.5, 0.6) is 17.2 Å². The maximum Gasteiger partial charge on any atom is 0.337 e. The summed E-state index contributed by atoms with van der Waals surface area (Å²) in [6.07, 6.45) is -1.61. The smallest absolute Gasteiger partial charge is 0.337 e. The molecule has 1 aromatic carbocycles. The zero-order valence-electron chi connectivity index (χ0n) is 9.17. The minimum atomic E-state index is -1.61. The third-order valence-corrected chi connectivity index (χ3v) is 2.40. The van der Waals surface area contributed by atoms with Gasteiger partial charge in [0, 0.05) is 0 Å². The summed E-state index contributed by atoms with van der Waals surface area (Å²) in [4.78, 5) is 10.7. The third kappa shape index (κ3) is 2.12. The van der Waals surface area contributed by atoms with Gasteiger partial charge in [-0.2, -0.15) is 0 Å². The van der Waals surface area contributed by atoms with Gasteiger partial charge in [-0.25, -0.2) is 4.79 Å². The SMILES string of the molecule is COc1cc(C(O)C(=O)O)cc2c1OCCO2. The Hall–Kier alpha value is -1.95. The van der Waals surface area contributed by atoms with E-state index in [-0.39, 0.29) is 5.56 Å². The third-order valence-electron chi connectivity index (χ3n) is 2.40. The largest absolute Gasteiger partial charge is 0.493 e. The first-order chi connectivity index (χ1) is 8.13. The second kappa shape index (κ2) is 4.50. The van der Waals surface area contributed by atoms with Crippen molar-refractivity contribution in [3.8, 4) is 17.2 Å². The molecule has 2 rings (SSSR count). The van der Waals surface area contributed by atoms with E-state index in [0.29, 0.717) is 30.5 Å². The molecule has 0 radical (unpaired) electrons. The van der Waals surface area contributed by atoms with Crippen LogP contribution in [0.25, 0.3) is 0 Å². The van der Waals surface area contributed by atoms with Crippen molar-refractivity contribution in [2.24, 2.45) is 0 Å². The summed E-state index contributed by atoms with van der Waals surface area (Å²) in [7, 11) is 1.44. The number of aliphatic hydroxyl groups excluding tert-OH is 1. The molecule has 6 nitrogen and oxygen atoms in total. The lowest BCUT2D eigenvalue weighted by Crippen LogP contribution is -2.17. The predicted octanol–water partition coefficient (Wildman–Crippen LogP) is 0.584. The monoisotopic (exact) mass is 240 g/mol. The van der Waals surface area contributed by atoms with Gasteiger partial charge in [-0.1, -0.05) is 0 Å². The fourth-order valence-corrected chi connectivity index (χ4v) is 1.59. The van der Waals surface area contributed by atoms with Crippen molar-refractivity contribution >= 4 is 5.97 Å². The molecule has 6 heteroatoms. The fraction of sp³-hybridized carbons (Fsp3) is 0.364. The average molecular weight is 240 g/mol. The van der Waals surface area contributed by atoms with Gasteiger partial charge in [0.05, 0.1) is 7.11 Å². The van der Waals surface area contributed by atoms with Crippen molar-refractivity contribution in [1.82, 2.24) is 0 Å². The molecule has 0 aliphatic carbocycles. The lowest BCUT2D eigenvalue weighted by Gasteiger charge is -2.21. The molecular weight excluding hydrogens is 228 g/mol. The minimum absolute atomic E-state index is 0.193. The van der Waals surface area contributed by atoms with Crippen LogP contribution in [0.3, 0.4) is 0 Å². The molecule has 0 amide bonds. The van der Waals surface area contributed by atoms with E-state index in [9.17, 15) is 9.90 Å². The first kappa shape index (κ1) is 11.5. The molecule has 2 N–H and O–H groups in total. The van der Waals surface area contributed by atoms with Crippen LogP contribution in [0, 0.1) is 0 Å². The maximum absolute atomic E-state index is 10.7. The Balaban J connectivity index is 2.46. The topological polar surface area (TPSA) is 85.2 Å². The van der Waals surface area contributed by atoms with Crippen molar-refractivity contribution < 1.29 is 29.2 Å². The second-order valence-electron chi connectivity index (χ2n) is 3.49. The number of carbonyl (C=O) groups is 1. The van der Waals surface area contributed by atoms with E-state index < -0.39 is 12.1 Å². The molecule has 0 fully saturated rings. The molecule has 0 bridgehead atoms. The van der Waals surface area contributed by atoms with Crippen molar-refractivity contribution in [2.75, 3.05) is 20.3 Å². The van der Waals surface area contributed by atoms with E-state index in [2.05, 4.69) is 0 Å². The number of hydrogen-bond donors (Lipinski definition) is 2. The van der Waals surface area contributed by atoms with E-state index in [1.165, 1.54) is 19.2 Å². The predicted molar refractivity (Wildman–Crippen MR) is 56.6 cm³/mol. The number of aliphatic hydroxyl groups is 1. The first-order valence-electron chi connectivity index (χ1n) is 5.02. The number of carboxylic acid groups (broad SMARTS) is 1. The van der Waals surface area contributed by atoms with E-state index in [1.807, 2.05) is 0 Å². The minimum Gasteiger partial charge on any atom is -0.493 e. The molecule has 17 heavy (non-hydrogen) atoms.